The Balaban J connectivity index is 0.000000625. The number of ether oxygens (including phenoxy) is 1. The molecule has 0 spiro atoms. The summed E-state index contributed by atoms with van der Waals surface area (Å²) in [5.74, 6) is -0.186. The van der Waals surface area contributed by atoms with E-state index >= 15 is 0 Å². The molecule has 156 valence electrons. The van der Waals surface area contributed by atoms with Gasteiger partial charge in [0.05, 0.1) is 6.10 Å². The van der Waals surface area contributed by atoms with Gasteiger partial charge in [-0.05, 0) is 38.5 Å². The fourth-order valence-corrected chi connectivity index (χ4v) is 3.64. The van der Waals surface area contributed by atoms with E-state index in [-0.39, 0.29) is 12.5 Å². The quantitative estimate of drug-likeness (QED) is 0.292. The van der Waals surface area contributed by atoms with Crippen molar-refractivity contribution >= 4 is 5.97 Å². The maximum absolute atomic E-state index is 10.4. The Labute approximate surface area is 167 Å². The number of carboxylic acids is 1. The number of hydrogen-bond acceptors (Lipinski definition) is 2. The summed E-state index contributed by atoms with van der Waals surface area (Å²) in [4.78, 5) is 10.4. The zero-order chi connectivity index (χ0) is 19.6. The van der Waals surface area contributed by atoms with Crippen LogP contribution in [0, 0.1) is 5.92 Å². The Morgan fingerprint density at radius 1 is 0.926 bits per heavy atom. The molecule has 2 rings (SSSR count). The standard InChI is InChI=1S/C19H32O3.C5H10/c1-2-3-4-5-6-9-12-17-15-16-22-18(17)13-10-7-8-11-14-19(20)21;1-2-4-5-3-1/h9-10,12-13,17-18H,2-8,11,14-16H2,1H3,(H,20,21);1-5H2. The van der Waals surface area contributed by atoms with Gasteiger partial charge in [0, 0.05) is 18.9 Å². The van der Waals surface area contributed by atoms with Crippen LogP contribution in [0.4, 0.5) is 0 Å². The van der Waals surface area contributed by atoms with Crippen LogP contribution in [-0.4, -0.2) is 23.8 Å². The minimum Gasteiger partial charge on any atom is -0.481 e. The molecule has 0 aromatic heterocycles. The molecular formula is C24H42O3. The summed E-state index contributed by atoms with van der Waals surface area (Å²) >= 11 is 0. The summed E-state index contributed by atoms with van der Waals surface area (Å²) in [5.41, 5.74) is 0. The fraction of sp³-hybridized carbons (Fsp3) is 0.792. The molecule has 2 atom stereocenters. The second-order valence-corrected chi connectivity index (χ2v) is 7.90. The molecule has 2 unspecified atom stereocenters. The first-order chi connectivity index (χ1) is 13.2. The van der Waals surface area contributed by atoms with Crippen molar-refractivity contribution in [3.05, 3.63) is 24.3 Å². The lowest BCUT2D eigenvalue weighted by Gasteiger charge is -2.10. The summed E-state index contributed by atoms with van der Waals surface area (Å²) in [6, 6.07) is 0. The van der Waals surface area contributed by atoms with Crippen molar-refractivity contribution in [2.75, 3.05) is 6.61 Å². The van der Waals surface area contributed by atoms with E-state index in [2.05, 4.69) is 31.2 Å². The first-order valence-corrected chi connectivity index (χ1v) is 11.4. The third kappa shape index (κ3) is 13.7. The third-order valence-electron chi connectivity index (χ3n) is 5.38. The first kappa shape index (κ1) is 23.9. The summed E-state index contributed by atoms with van der Waals surface area (Å²) in [7, 11) is 0. The van der Waals surface area contributed by atoms with Crippen LogP contribution in [-0.2, 0) is 9.53 Å². The highest BCUT2D eigenvalue weighted by Crippen LogP contribution is 2.24. The van der Waals surface area contributed by atoms with Gasteiger partial charge in [0.1, 0.15) is 0 Å². The zero-order valence-electron chi connectivity index (χ0n) is 17.5. The molecule has 0 radical (unpaired) electrons. The second-order valence-electron chi connectivity index (χ2n) is 7.90. The van der Waals surface area contributed by atoms with Crippen LogP contribution in [0.2, 0.25) is 0 Å². The predicted octanol–water partition coefficient (Wildman–Crippen LogP) is 7.07. The van der Waals surface area contributed by atoms with Gasteiger partial charge in [-0.1, -0.05) is 82.6 Å². The van der Waals surface area contributed by atoms with E-state index in [4.69, 9.17) is 9.84 Å². The molecule has 0 aromatic rings. The van der Waals surface area contributed by atoms with Crippen molar-refractivity contribution in [1.82, 2.24) is 0 Å². The van der Waals surface area contributed by atoms with Gasteiger partial charge >= 0.3 is 5.97 Å². The Morgan fingerprint density at radius 2 is 1.56 bits per heavy atom. The summed E-state index contributed by atoms with van der Waals surface area (Å²) < 4.78 is 5.77. The highest BCUT2D eigenvalue weighted by molar-refractivity contribution is 5.66. The molecule has 1 aliphatic carbocycles. The van der Waals surface area contributed by atoms with Crippen LogP contribution in [0.15, 0.2) is 24.3 Å². The van der Waals surface area contributed by atoms with E-state index in [0.29, 0.717) is 5.92 Å². The maximum atomic E-state index is 10.4. The summed E-state index contributed by atoms with van der Waals surface area (Å²) in [5, 5.41) is 8.58. The highest BCUT2D eigenvalue weighted by Gasteiger charge is 2.23. The molecule has 0 amide bonds. The summed E-state index contributed by atoms with van der Waals surface area (Å²) in [6.07, 6.45) is 27.2. The molecule has 1 heterocycles. The van der Waals surface area contributed by atoms with Gasteiger partial charge in [-0.25, -0.2) is 0 Å². The maximum Gasteiger partial charge on any atom is 0.303 e. The van der Waals surface area contributed by atoms with Crippen LogP contribution in [0.25, 0.3) is 0 Å². The number of unbranched alkanes of at least 4 members (excludes halogenated alkanes) is 6. The van der Waals surface area contributed by atoms with Crippen molar-refractivity contribution in [2.45, 2.75) is 109 Å². The zero-order valence-corrected chi connectivity index (χ0v) is 17.5. The van der Waals surface area contributed by atoms with Gasteiger partial charge in [-0.2, -0.15) is 0 Å². The molecule has 3 nitrogen and oxygen atoms in total. The average Bonchev–Trinajstić information content (AvgIpc) is 3.36. The number of allylic oxidation sites excluding steroid dienone is 2. The van der Waals surface area contributed by atoms with E-state index in [9.17, 15) is 4.79 Å². The molecule has 1 aliphatic heterocycles. The van der Waals surface area contributed by atoms with Gasteiger partial charge in [-0.3, -0.25) is 4.79 Å². The van der Waals surface area contributed by atoms with Crippen molar-refractivity contribution < 1.29 is 14.6 Å². The topological polar surface area (TPSA) is 46.5 Å². The van der Waals surface area contributed by atoms with Gasteiger partial charge in [0.15, 0.2) is 0 Å². The number of carboxylic acid groups (broad SMARTS) is 1. The second kappa shape index (κ2) is 17.0. The molecule has 0 aromatic carbocycles. The van der Waals surface area contributed by atoms with Crippen molar-refractivity contribution in [3.8, 4) is 0 Å². The SMILES string of the molecule is C1CCCC1.CCCCCCC=CC1CCOC1C=CCCCCC(=O)O. The van der Waals surface area contributed by atoms with E-state index in [1.54, 1.807) is 0 Å². The van der Waals surface area contributed by atoms with Gasteiger partial charge < -0.3 is 9.84 Å². The van der Waals surface area contributed by atoms with E-state index in [0.717, 1.165) is 32.3 Å². The molecule has 1 N–H and O–H groups in total. The van der Waals surface area contributed by atoms with E-state index < -0.39 is 5.97 Å². The van der Waals surface area contributed by atoms with Crippen LogP contribution in [0.5, 0.6) is 0 Å². The van der Waals surface area contributed by atoms with Gasteiger partial charge in [0.25, 0.3) is 0 Å². The average molecular weight is 379 g/mol. The van der Waals surface area contributed by atoms with Crippen LogP contribution in [0.3, 0.4) is 0 Å². The molecular weight excluding hydrogens is 336 g/mol. The lowest BCUT2D eigenvalue weighted by molar-refractivity contribution is -0.137. The van der Waals surface area contributed by atoms with Crippen molar-refractivity contribution in [3.63, 3.8) is 0 Å². The van der Waals surface area contributed by atoms with Gasteiger partial charge in [-0.15, -0.1) is 0 Å². The minimum absolute atomic E-state index is 0.214. The van der Waals surface area contributed by atoms with E-state index in [1.807, 2.05) is 0 Å². The number of aliphatic carboxylic acids is 1. The number of rotatable bonds is 12. The van der Waals surface area contributed by atoms with Crippen LogP contribution in [0.1, 0.15) is 103 Å². The van der Waals surface area contributed by atoms with Gasteiger partial charge in [0.2, 0.25) is 0 Å². The molecule has 2 aliphatic rings. The highest BCUT2D eigenvalue weighted by atomic mass is 16.5. The Hall–Kier alpha value is -1.09. The lowest BCUT2D eigenvalue weighted by atomic mass is 9.99. The fourth-order valence-electron chi connectivity index (χ4n) is 3.64. The van der Waals surface area contributed by atoms with Crippen molar-refractivity contribution in [1.29, 1.82) is 0 Å². The Bertz CT molecular complexity index is 402. The molecule has 2 fully saturated rings. The van der Waals surface area contributed by atoms with Crippen LogP contribution < -0.4 is 0 Å². The van der Waals surface area contributed by atoms with Crippen molar-refractivity contribution in [2.24, 2.45) is 5.92 Å². The largest absolute Gasteiger partial charge is 0.481 e. The molecule has 3 heteroatoms. The first-order valence-electron chi connectivity index (χ1n) is 11.4. The normalized spacial score (nSPS) is 22.4. The van der Waals surface area contributed by atoms with Crippen LogP contribution >= 0.6 is 0 Å². The molecule has 27 heavy (non-hydrogen) atoms. The smallest absolute Gasteiger partial charge is 0.303 e. The molecule has 1 saturated heterocycles. The Kier molecular flexibility index (Phi) is 15.1. The number of carbonyl (C=O) groups is 1. The predicted molar refractivity (Wildman–Crippen MR) is 114 cm³/mol. The minimum atomic E-state index is -0.702. The third-order valence-corrected chi connectivity index (χ3v) is 5.38. The molecule has 1 saturated carbocycles. The lowest BCUT2D eigenvalue weighted by Crippen LogP contribution is -2.10. The number of hydrogen-bond donors (Lipinski definition) is 1. The monoisotopic (exact) mass is 378 g/mol. The Morgan fingerprint density at radius 3 is 2.19 bits per heavy atom. The summed E-state index contributed by atoms with van der Waals surface area (Å²) in [6.45, 7) is 3.09. The van der Waals surface area contributed by atoms with E-state index in [1.165, 1.54) is 64.2 Å². The molecule has 0 bridgehead atoms.